The van der Waals surface area contributed by atoms with E-state index in [1.54, 1.807) is 0 Å². The van der Waals surface area contributed by atoms with Gasteiger partial charge in [0.2, 0.25) is 5.82 Å². The lowest BCUT2D eigenvalue weighted by Gasteiger charge is -2.08. The first-order valence-corrected chi connectivity index (χ1v) is 6.57. The number of tetrazole rings is 1. The van der Waals surface area contributed by atoms with Crippen molar-refractivity contribution in [3.8, 4) is 11.8 Å². The summed E-state index contributed by atoms with van der Waals surface area (Å²) >= 11 is 3.40. The van der Waals surface area contributed by atoms with E-state index in [2.05, 4.69) is 41.9 Å². The van der Waals surface area contributed by atoms with Crippen LogP contribution in [0.2, 0.25) is 0 Å². The molecule has 1 aromatic carbocycles. The molecule has 0 aliphatic carbocycles. The van der Waals surface area contributed by atoms with Crippen molar-refractivity contribution in [3.63, 3.8) is 0 Å². The highest BCUT2D eigenvalue weighted by molar-refractivity contribution is 9.10. The number of hydrogen-bond acceptors (Lipinski definition) is 6. The molecule has 2 aromatic rings. The molecule has 0 unspecified atom stereocenters. The summed E-state index contributed by atoms with van der Waals surface area (Å²) in [5.41, 5.74) is 1.06. The number of aromatic nitrogens is 4. The second kappa shape index (κ2) is 6.68. The van der Waals surface area contributed by atoms with Gasteiger partial charge >= 0.3 is 0 Å². The van der Waals surface area contributed by atoms with Gasteiger partial charge < -0.3 is 10.1 Å². The molecule has 0 aliphatic heterocycles. The van der Waals surface area contributed by atoms with Crippen LogP contribution in [0.3, 0.4) is 0 Å². The van der Waals surface area contributed by atoms with Gasteiger partial charge in [0.1, 0.15) is 17.4 Å². The van der Waals surface area contributed by atoms with Crippen LogP contribution in [0.15, 0.2) is 28.9 Å². The molecule has 0 saturated heterocycles. The van der Waals surface area contributed by atoms with Gasteiger partial charge in [-0.15, -0.1) is 10.2 Å². The molecule has 0 aliphatic rings. The van der Waals surface area contributed by atoms with E-state index in [1.807, 2.05) is 31.2 Å². The van der Waals surface area contributed by atoms with Crippen LogP contribution in [0.5, 0.6) is 5.75 Å². The number of anilines is 1. The van der Waals surface area contributed by atoms with E-state index in [9.17, 15) is 0 Å². The van der Waals surface area contributed by atoms with Crippen molar-refractivity contribution >= 4 is 27.2 Å². The lowest BCUT2D eigenvalue weighted by Crippen LogP contribution is -1.96. The quantitative estimate of drug-likeness (QED) is 0.814. The predicted octanol–water partition coefficient (Wildman–Crippen LogP) is 2.34. The van der Waals surface area contributed by atoms with Gasteiger partial charge in [-0.2, -0.15) is 10.5 Å². The van der Waals surface area contributed by atoms with Crippen LogP contribution in [0.25, 0.3) is 5.57 Å². The molecule has 0 saturated carbocycles. The maximum Gasteiger partial charge on any atom is 0.216 e. The summed E-state index contributed by atoms with van der Waals surface area (Å²) in [6, 6.07) is 7.55. The number of aromatic amines is 1. The van der Waals surface area contributed by atoms with E-state index < -0.39 is 0 Å². The smallest absolute Gasteiger partial charge is 0.216 e. The summed E-state index contributed by atoms with van der Waals surface area (Å²) in [5, 5.41) is 25.3. The molecule has 0 bridgehead atoms. The van der Waals surface area contributed by atoms with Crippen molar-refractivity contribution in [2.75, 3.05) is 11.9 Å². The molecule has 0 spiro atoms. The predicted molar refractivity (Wildman–Crippen MR) is 76.7 cm³/mol. The molecule has 0 atom stereocenters. The van der Waals surface area contributed by atoms with Crippen molar-refractivity contribution in [1.29, 1.82) is 5.26 Å². The second-order valence-corrected chi connectivity index (χ2v) is 4.48. The Kier molecular flexibility index (Phi) is 4.68. The van der Waals surface area contributed by atoms with E-state index in [4.69, 9.17) is 10.00 Å². The number of nitrogens with zero attached hydrogens (tertiary/aromatic N) is 4. The standard InChI is InChI=1S/C12H11BrN6O/c1-2-20-11-5-9(3-4-10(11)13)15-7-8(6-14)12-16-18-19-17-12/h3-5,7,15H,2H2,1H3,(H,16,17,18,19). The maximum atomic E-state index is 9.05. The van der Waals surface area contributed by atoms with Crippen molar-refractivity contribution in [1.82, 2.24) is 20.6 Å². The number of hydrogen-bond donors (Lipinski definition) is 2. The SMILES string of the molecule is CCOc1cc(NC=C(C#N)c2nn[nH]n2)ccc1Br. The van der Waals surface area contributed by atoms with Crippen molar-refractivity contribution in [2.24, 2.45) is 0 Å². The van der Waals surface area contributed by atoms with Crippen molar-refractivity contribution in [2.45, 2.75) is 6.92 Å². The number of halogens is 1. The summed E-state index contributed by atoms with van der Waals surface area (Å²) in [4.78, 5) is 0. The Labute approximate surface area is 123 Å². The first kappa shape index (κ1) is 14.0. The third-order valence-corrected chi connectivity index (χ3v) is 2.98. The van der Waals surface area contributed by atoms with E-state index in [1.165, 1.54) is 6.20 Å². The summed E-state index contributed by atoms with van der Waals surface area (Å²) in [7, 11) is 0. The molecule has 7 nitrogen and oxygen atoms in total. The second-order valence-electron chi connectivity index (χ2n) is 3.63. The first-order valence-electron chi connectivity index (χ1n) is 5.77. The topological polar surface area (TPSA) is 99.5 Å². The molecule has 102 valence electrons. The fourth-order valence-electron chi connectivity index (χ4n) is 1.44. The van der Waals surface area contributed by atoms with Gasteiger partial charge in [0.05, 0.1) is 11.1 Å². The number of rotatable bonds is 5. The average Bonchev–Trinajstić information content (AvgIpc) is 2.97. The minimum atomic E-state index is 0.238. The van der Waals surface area contributed by atoms with Gasteiger partial charge in [0.15, 0.2) is 0 Å². The molecule has 20 heavy (non-hydrogen) atoms. The van der Waals surface area contributed by atoms with Crippen LogP contribution in [0, 0.1) is 11.3 Å². The number of benzene rings is 1. The Morgan fingerprint density at radius 3 is 3.10 bits per heavy atom. The Balaban J connectivity index is 2.18. The molecule has 0 amide bonds. The minimum Gasteiger partial charge on any atom is -0.493 e. The van der Waals surface area contributed by atoms with Crippen LogP contribution >= 0.6 is 15.9 Å². The van der Waals surface area contributed by atoms with Gasteiger partial charge in [-0.25, -0.2) is 0 Å². The van der Waals surface area contributed by atoms with Crippen LogP contribution in [0.1, 0.15) is 12.7 Å². The van der Waals surface area contributed by atoms with Gasteiger partial charge in [0.25, 0.3) is 0 Å². The summed E-state index contributed by atoms with van der Waals surface area (Å²) < 4.78 is 6.34. The molecule has 8 heteroatoms. The summed E-state index contributed by atoms with van der Waals surface area (Å²) in [6.45, 7) is 2.49. The number of nitriles is 1. The molecule has 1 aromatic heterocycles. The van der Waals surface area contributed by atoms with E-state index in [-0.39, 0.29) is 11.4 Å². The highest BCUT2D eigenvalue weighted by atomic mass is 79.9. The van der Waals surface area contributed by atoms with Gasteiger partial charge in [-0.05, 0) is 40.2 Å². The maximum absolute atomic E-state index is 9.05. The molecule has 2 rings (SSSR count). The molecule has 0 fully saturated rings. The third-order valence-electron chi connectivity index (χ3n) is 2.32. The highest BCUT2D eigenvalue weighted by Crippen LogP contribution is 2.28. The Hall–Kier alpha value is -2.40. The Morgan fingerprint density at radius 1 is 1.60 bits per heavy atom. The fourth-order valence-corrected chi connectivity index (χ4v) is 1.80. The number of H-pyrrole nitrogens is 1. The lowest BCUT2D eigenvalue weighted by atomic mass is 10.2. The van der Waals surface area contributed by atoms with E-state index >= 15 is 0 Å². The van der Waals surface area contributed by atoms with Gasteiger partial charge in [-0.1, -0.05) is 0 Å². The Morgan fingerprint density at radius 2 is 2.45 bits per heavy atom. The van der Waals surface area contributed by atoms with Crippen LogP contribution in [-0.4, -0.2) is 27.2 Å². The van der Waals surface area contributed by atoms with Crippen LogP contribution < -0.4 is 10.1 Å². The third kappa shape index (κ3) is 3.33. The monoisotopic (exact) mass is 334 g/mol. The zero-order chi connectivity index (χ0) is 14.4. The van der Waals surface area contributed by atoms with Crippen molar-refractivity contribution < 1.29 is 4.74 Å². The number of allylic oxidation sites excluding steroid dienone is 1. The van der Waals surface area contributed by atoms with Crippen LogP contribution in [0.4, 0.5) is 5.69 Å². The molecule has 0 radical (unpaired) electrons. The average molecular weight is 335 g/mol. The zero-order valence-corrected chi connectivity index (χ0v) is 12.2. The molecular weight excluding hydrogens is 324 g/mol. The zero-order valence-electron chi connectivity index (χ0n) is 10.6. The first-order chi connectivity index (χ1) is 9.74. The molecular formula is C12H11BrN6O. The summed E-state index contributed by atoms with van der Waals surface area (Å²) in [5.74, 6) is 0.964. The fraction of sp³-hybridized carbons (Fsp3) is 0.167. The van der Waals surface area contributed by atoms with E-state index in [0.29, 0.717) is 6.61 Å². The largest absolute Gasteiger partial charge is 0.493 e. The molecule has 1 heterocycles. The Bertz CT molecular complexity index is 646. The van der Waals surface area contributed by atoms with Gasteiger partial charge in [-0.3, -0.25) is 0 Å². The molecule has 2 N–H and O–H groups in total. The highest BCUT2D eigenvalue weighted by Gasteiger charge is 2.06. The van der Waals surface area contributed by atoms with Gasteiger partial charge in [0, 0.05) is 18.0 Å². The number of ether oxygens (including phenoxy) is 1. The van der Waals surface area contributed by atoms with Crippen LogP contribution in [-0.2, 0) is 0 Å². The van der Waals surface area contributed by atoms with E-state index in [0.717, 1.165) is 15.9 Å². The summed E-state index contributed by atoms with van der Waals surface area (Å²) in [6.07, 6.45) is 1.52. The lowest BCUT2D eigenvalue weighted by molar-refractivity contribution is 0.338. The number of nitrogens with one attached hydrogen (secondary N) is 2. The van der Waals surface area contributed by atoms with Crippen molar-refractivity contribution in [3.05, 3.63) is 34.7 Å². The minimum absolute atomic E-state index is 0.238. The normalized spacial score (nSPS) is 10.9.